The van der Waals surface area contributed by atoms with Crippen LogP contribution in [-0.4, -0.2) is 12.6 Å². The van der Waals surface area contributed by atoms with E-state index in [9.17, 15) is 0 Å². The highest BCUT2D eigenvalue weighted by Crippen LogP contribution is 2.39. The Bertz CT molecular complexity index is 201. The van der Waals surface area contributed by atoms with Gasteiger partial charge in [-0.15, -0.1) is 0 Å². The van der Waals surface area contributed by atoms with Gasteiger partial charge in [-0.3, -0.25) is 0 Å². The van der Waals surface area contributed by atoms with Crippen molar-refractivity contribution in [1.29, 1.82) is 0 Å². The fourth-order valence-corrected chi connectivity index (χ4v) is 4.02. The van der Waals surface area contributed by atoms with Gasteiger partial charge in [-0.2, -0.15) is 0 Å². The number of hydrogen-bond acceptors (Lipinski definition) is 1. The van der Waals surface area contributed by atoms with Crippen LogP contribution in [0.3, 0.4) is 0 Å². The van der Waals surface area contributed by atoms with Crippen LogP contribution in [0.4, 0.5) is 0 Å². The van der Waals surface area contributed by atoms with Gasteiger partial charge in [-0.25, -0.2) is 0 Å². The average Bonchev–Trinajstić information content (AvgIpc) is 2.38. The van der Waals surface area contributed by atoms with Gasteiger partial charge in [0.05, 0.1) is 0 Å². The van der Waals surface area contributed by atoms with Crippen LogP contribution in [0.5, 0.6) is 0 Å². The molecule has 100 valence electrons. The van der Waals surface area contributed by atoms with Gasteiger partial charge in [-0.05, 0) is 56.4 Å². The minimum absolute atomic E-state index is 0.849. The summed E-state index contributed by atoms with van der Waals surface area (Å²) < 4.78 is 0. The second kappa shape index (κ2) is 6.78. The fraction of sp³-hybridized carbons (Fsp3) is 1.00. The third-order valence-corrected chi connectivity index (χ3v) is 5.14. The summed E-state index contributed by atoms with van der Waals surface area (Å²) in [6.07, 6.45) is 13.2. The molecule has 17 heavy (non-hydrogen) atoms. The van der Waals surface area contributed by atoms with Crippen molar-refractivity contribution in [3.05, 3.63) is 0 Å². The Morgan fingerprint density at radius 2 is 1.65 bits per heavy atom. The van der Waals surface area contributed by atoms with Crippen molar-refractivity contribution in [2.75, 3.05) is 6.54 Å². The first kappa shape index (κ1) is 13.4. The maximum Gasteiger partial charge on any atom is 0.00979 e. The maximum absolute atomic E-state index is 3.83. The standard InChI is InChI=1S/C16H31N/c1-3-12-17-16-7-5-4-6-15(16)14-10-8-13(2)9-11-14/h13-17H,3-12H2,1-2H3. The van der Waals surface area contributed by atoms with Crippen LogP contribution in [0.1, 0.15) is 71.6 Å². The summed E-state index contributed by atoms with van der Waals surface area (Å²) >= 11 is 0. The summed E-state index contributed by atoms with van der Waals surface area (Å²) in [6, 6.07) is 0.849. The molecule has 0 amide bonds. The van der Waals surface area contributed by atoms with E-state index in [1.807, 2.05) is 0 Å². The number of rotatable bonds is 4. The molecule has 1 N–H and O–H groups in total. The molecule has 0 aliphatic heterocycles. The predicted octanol–water partition coefficient (Wildman–Crippen LogP) is 4.37. The van der Waals surface area contributed by atoms with Crippen LogP contribution < -0.4 is 5.32 Å². The summed E-state index contributed by atoms with van der Waals surface area (Å²) in [5, 5.41) is 3.83. The summed E-state index contributed by atoms with van der Waals surface area (Å²) in [7, 11) is 0. The lowest BCUT2D eigenvalue weighted by Gasteiger charge is -2.40. The first-order valence-corrected chi connectivity index (χ1v) is 8.04. The van der Waals surface area contributed by atoms with Crippen molar-refractivity contribution < 1.29 is 0 Å². The minimum atomic E-state index is 0.849. The Balaban J connectivity index is 1.86. The van der Waals surface area contributed by atoms with Gasteiger partial charge >= 0.3 is 0 Å². The zero-order valence-corrected chi connectivity index (χ0v) is 11.9. The summed E-state index contributed by atoms with van der Waals surface area (Å²) in [5.74, 6) is 3.04. The molecule has 0 aromatic rings. The van der Waals surface area contributed by atoms with Gasteiger partial charge in [0.1, 0.15) is 0 Å². The van der Waals surface area contributed by atoms with Gasteiger partial charge in [0, 0.05) is 6.04 Å². The Morgan fingerprint density at radius 1 is 0.941 bits per heavy atom. The lowest BCUT2D eigenvalue weighted by Crippen LogP contribution is -2.43. The third-order valence-electron chi connectivity index (χ3n) is 5.14. The molecular formula is C16H31N. The van der Waals surface area contributed by atoms with E-state index in [1.165, 1.54) is 64.3 Å². The monoisotopic (exact) mass is 237 g/mol. The van der Waals surface area contributed by atoms with Crippen LogP contribution in [0, 0.1) is 17.8 Å². The molecule has 0 spiro atoms. The normalized spacial score (nSPS) is 39.2. The molecule has 2 aliphatic rings. The third kappa shape index (κ3) is 3.71. The first-order chi connectivity index (χ1) is 8.31. The summed E-state index contributed by atoms with van der Waals surface area (Å²) in [6.45, 7) is 5.95. The van der Waals surface area contributed by atoms with Crippen molar-refractivity contribution in [2.45, 2.75) is 77.7 Å². The molecule has 0 bridgehead atoms. The minimum Gasteiger partial charge on any atom is -0.314 e. The zero-order valence-electron chi connectivity index (χ0n) is 11.9. The number of hydrogen-bond donors (Lipinski definition) is 1. The molecule has 0 saturated heterocycles. The van der Waals surface area contributed by atoms with Crippen LogP contribution in [0.25, 0.3) is 0 Å². The van der Waals surface area contributed by atoms with Crippen molar-refractivity contribution in [3.63, 3.8) is 0 Å². The van der Waals surface area contributed by atoms with Gasteiger partial charge in [-0.1, -0.05) is 39.5 Å². The molecule has 2 aliphatic carbocycles. The molecule has 0 heterocycles. The molecule has 0 aromatic carbocycles. The van der Waals surface area contributed by atoms with E-state index < -0.39 is 0 Å². The van der Waals surface area contributed by atoms with E-state index in [2.05, 4.69) is 19.2 Å². The molecule has 0 radical (unpaired) electrons. The fourth-order valence-electron chi connectivity index (χ4n) is 4.02. The topological polar surface area (TPSA) is 12.0 Å². The molecule has 2 atom stereocenters. The van der Waals surface area contributed by atoms with E-state index in [0.29, 0.717) is 0 Å². The molecule has 2 rings (SSSR count). The van der Waals surface area contributed by atoms with Crippen LogP contribution >= 0.6 is 0 Å². The lowest BCUT2D eigenvalue weighted by atomic mass is 9.69. The highest BCUT2D eigenvalue weighted by molar-refractivity contribution is 4.87. The van der Waals surface area contributed by atoms with E-state index in [4.69, 9.17) is 0 Å². The van der Waals surface area contributed by atoms with Gasteiger partial charge in [0.2, 0.25) is 0 Å². The SMILES string of the molecule is CCCNC1CCCCC1C1CCC(C)CC1. The van der Waals surface area contributed by atoms with Gasteiger partial charge in [0.25, 0.3) is 0 Å². The smallest absolute Gasteiger partial charge is 0.00979 e. The Kier molecular flexibility index (Phi) is 5.34. The number of nitrogens with one attached hydrogen (secondary N) is 1. The van der Waals surface area contributed by atoms with E-state index in [1.54, 1.807) is 0 Å². The second-order valence-corrected chi connectivity index (χ2v) is 6.53. The van der Waals surface area contributed by atoms with E-state index in [0.717, 1.165) is 23.8 Å². The molecule has 1 heteroatoms. The molecule has 1 nitrogen and oxygen atoms in total. The van der Waals surface area contributed by atoms with E-state index in [-0.39, 0.29) is 0 Å². The van der Waals surface area contributed by atoms with Gasteiger partial charge in [0.15, 0.2) is 0 Å². The van der Waals surface area contributed by atoms with Crippen molar-refractivity contribution in [2.24, 2.45) is 17.8 Å². The Morgan fingerprint density at radius 3 is 2.35 bits per heavy atom. The lowest BCUT2D eigenvalue weighted by molar-refractivity contribution is 0.135. The predicted molar refractivity (Wildman–Crippen MR) is 75.2 cm³/mol. The van der Waals surface area contributed by atoms with E-state index >= 15 is 0 Å². The van der Waals surface area contributed by atoms with Crippen LogP contribution in [0.15, 0.2) is 0 Å². The van der Waals surface area contributed by atoms with Crippen molar-refractivity contribution in [1.82, 2.24) is 5.32 Å². The average molecular weight is 237 g/mol. The molecule has 2 saturated carbocycles. The molecule has 0 aromatic heterocycles. The Hall–Kier alpha value is -0.0400. The van der Waals surface area contributed by atoms with Crippen LogP contribution in [-0.2, 0) is 0 Å². The molecular weight excluding hydrogens is 206 g/mol. The molecule has 2 unspecified atom stereocenters. The van der Waals surface area contributed by atoms with Crippen molar-refractivity contribution in [3.8, 4) is 0 Å². The highest BCUT2D eigenvalue weighted by atomic mass is 14.9. The second-order valence-electron chi connectivity index (χ2n) is 6.53. The molecule has 2 fully saturated rings. The first-order valence-electron chi connectivity index (χ1n) is 8.04. The summed E-state index contributed by atoms with van der Waals surface area (Å²) in [4.78, 5) is 0. The van der Waals surface area contributed by atoms with Gasteiger partial charge < -0.3 is 5.32 Å². The van der Waals surface area contributed by atoms with Crippen molar-refractivity contribution >= 4 is 0 Å². The Labute approximate surface area is 108 Å². The quantitative estimate of drug-likeness (QED) is 0.765. The zero-order chi connectivity index (χ0) is 12.1. The van der Waals surface area contributed by atoms with Crippen LogP contribution in [0.2, 0.25) is 0 Å². The maximum atomic E-state index is 3.83. The largest absolute Gasteiger partial charge is 0.314 e. The highest BCUT2D eigenvalue weighted by Gasteiger charge is 2.32. The summed E-state index contributed by atoms with van der Waals surface area (Å²) in [5.41, 5.74) is 0.